The first-order valence-electron chi connectivity index (χ1n) is 10.7. The molecule has 0 aliphatic heterocycles. The Balaban J connectivity index is 2.37. The number of carbonyl (C=O) groups is 1. The Morgan fingerprint density at radius 3 is 2.53 bits per heavy atom. The van der Waals surface area contributed by atoms with E-state index >= 15 is 0 Å². The molecule has 0 radical (unpaired) electrons. The van der Waals surface area contributed by atoms with Crippen LogP contribution in [0.1, 0.15) is 62.9 Å². The summed E-state index contributed by atoms with van der Waals surface area (Å²) in [6.07, 6.45) is 5.88. The smallest absolute Gasteiger partial charge is 0.438 e. The molecule has 1 atom stereocenters. The van der Waals surface area contributed by atoms with Crippen molar-refractivity contribution in [3.05, 3.63) is 47.9 Å². The second kappa shape index (κ2) is 13.3. The van der Waals surface area contributed by atoms with Crippen LogP contribution in [0.5, 0.6) is 5.88 Å². The largest absolute Gasteiger partial charge is 0.481 e. The molecule has 1 amide bonds. The minimum Gasteiger partial charge on any atom is -0.481 e. The van der Waals surface area contributed by atoms with Gasteiger partial charge in [-0.2, -0.15) is 10.0 Å². The molecule has 2 rings (SSSR count). The summed E-state index contributed by atoms with van der Waals surface area (Å²) >= 11 is 0. The maximum Gasteiger partial charge on any atom is 0.438 e. The first kappa shape index (κ1) is 25.1. The number of methoxy groups -OCH3 is 2. The van der Waals surface area contributed by atoms with Crippen molar-refractivity contribution in [2.75, 3.05) is 26.4 Å². The zero-order valence-electron chi connectivity index (χ0n) is 19.2. The molecule has 9 nitrogen and oxygen atoms in total. The maximum atomic E-state index is 12.2. The molecule has 0 spiro atoms. The summed E-state index contributed by atoms with van der Waals surface area (Å²) in [7, 11) is 4.15. The number of hydrogen-bond acceptors (Lipinski definition) is 8. The number of carbonyl (C=O) groups excluding carboxylic acids is 1. The van der Waals surface area contributed by atoms with Crippen molar-refractivity contribution in [3.63, 3.8) is 0 Å². The molecule has 0 fully saturated rings. The van der Waals surface area contributed by atoms with E-state index in [9.17, 15) is 4.79 Å². The first-order chi connectivity index (χ1) is 15.5. The van der Waals surface area contributed by atoms with E-state index in [2.05, 4.69) is 16.9 Å². The number of hydroxylamine groups is 1. The summed E-state index contributed by atoms with van der Waals surface area (Å²) in [6, 6.07) is 8.65. The summed E-state index contributed by atoms with van der Waals surface area (Å²) in [4.78, 5) is 26.2. The molecule has 0 saturated carbocycles. The van der Waals surface area contributed by atoms with E-state index < -0.39 is 12.2 Å². The number of anilines is 1. The molecule has 0 aliphatic rings. The van der Waals surface area contributed by atoms with Crippen molar-refractivity contribution in [2.45, 2.75) is 51.6 Å². The van der Waals surface area contributed by atoms with Crippen LogP contribution in [0.4, 0.5) is 10.5 Å². The lowest BCUT2D eigenvalue weighted by atomic mass is 10.1. The topological polar surface area (TPSA) is 107 Å². The molecule has 2 aromatic rings. The van der Waals surface area contributed by atoms with Gasteiger partial charge in [0.15, 0.2) is 17.8 Å². The van der Waals surface area contributed by atoms with Gasteiger partial charge in [0.05, 0.1) is 27.0 Å². The fourth-order valence-corrected chi connectivity index (χ4v) is 3.19. The van der Waals surface area contributed by atoms with Gasteiger partial charge in [-0.3, -0.25) is 10.2 Å². The molecule has 1 heterocycles. The van der Waals surface area contributed by atoms with Crippen molar-refractivity contribution in [1.82, 2.24) is 9.97 Å². The Bertz CT molecular complexity index is 877. The molecule has 1 N–H and O–H groups in total. The number of para-hydroxylation sites is 1. The van der Waals surface area contributed by atoms with Gasteiger partial charge in [0, 0.05) is 24.2 Å². The molecule has 32 heavy (non-hydrogen) atoms. The maximum absolute atomic E-state index is 12.2. The lowest BCUT2D eigenvalue weighted by Crippen LogP contribution is -2.31. The van der Waals surface area contributed by atoms with Gasteiger partial charge in [-0.05, 0) is 12.5 Å². The summed E-state index contributed by atoms with van der Waals surface area (Å²) in [5.74, 6) is 0.784. The minimum atomic E-state index is -0.855. The lowest BCUT2D eigenvalue weighted by Gasteiger charge is -2.25. The Morgan fingerprint density at radius 2 is 1.84 bits per heavy atom. The van der Waals surface area contributed by atoms with E-state index in [1.54, 1.807) is 36.5 Å². The van der Waals surface area contributed by atoms with Gasteiger partial charge in [-0.25, -0.2) is 9.78 Å². The molecule has 1 unspecified atom stereocenters. The van der Waals surface area contributed by atoms with Gasteiger partial charge in [-0.1, -0.05) is 50.8 Å². The van der Waals surface area contributed by atoms with Crippen LogP contribution in [-0.2, 0) is 14.3 Å². The van der Waals surface area contributed by atoms with Crippen molar-refractivity contribution in [2.24, 2.45) is 0 Å². The quantitative estimate of drug-likeness (QED) is 0.211. The van der Waals surface area contributed by atoms with Gasteiger partial charge in [0.2, 0.25) is 5.88 Å². The van der Waals surface area contributed by atoms with Gasteiger partial charge in [-0.15, -0.1) is 0 Å². The van der Waals surface area contributed by atoms with Crippen LogP contribution < -0.4 is 9.80 Å². The number of hydrogen-bond donors (Lipinski definition) is 1. The van der Waals surface area contributed by atoms with Crippen molar-refractivity contribution in [3.8, 4) is 5.88 Å². The Hall–Kier alpha value is -3.20. The molecule has 1 aromatic carbocycles. The van der Waals surface area contributed by atoms with Crippen LogP contribution in [0, 0.1) is 5.41 Å². The number of nitrogens with zero attached hydrogens (tertiary/aromatic N) is 3. The number of rotatable bonds is 12. The Labute approximate surface area is 189 Å². The van der Waals surface area contributed by atoms with E-state index in [0.717, 1.165) is 30.7 Å². The molecule has 174 valence electrons. The average Bonchev–Trinajstić information content (AvgIpc) is 2.83. The van der Waals surface area contributed by atoms with Gasteiger partial charge >= 0.3 is 6.09 Å². The molecule has 0 saturated heterocycles. The summed E-state index contributed by atoms with van der Waals surface area (Å²) in [5, 5.41) is 9.41. The highest BCUT2D eigenvalue weighted by Gasteiger charge is 2.28. The zero-order chi connectivity index (χ0) is 23.3. The number of aromatic nitrogens is 2. The molecule has 0 bridgehead atoms. The summed E-state index contributed by atoms with van der Waals surface area (Å²) < 4.78 is 16.1. The molecule has 9 heteroatoms. The number of amides is 1. The van der Waals surface area contributed by atoms with Gasteiger partial charge in [0.25, 0.3) is 0 Å². The highest BCUT2D eigenvalue weighted by Crippen LogP contribution is 2.33. The Kier molecular flexibility index (Phi) is 10.4. The predicted molar refractivity (Wildman–Crippen MR) is 121 cm³/mol. The third-order valence-corrected chi connectivity index (χ3v) is 4.82. The lowest BCUT2D eigenvalue weighted by molar-refractivity contribution is 0.114. The summed E-state index contributed by atoms with van der Waals surface area (Å²) in [6.45, 7) is 2.17. The zero-order valence-corrected chi connectivity index (χ0v) is 19.2. The van der Waals surface area contributed by atoms with E-state index in [1.807, 2.05) is 0 Å². The Morgan fingerprint density at radius 1 is 1.09 bits per heavy atom. The van der Waals surface area contributed by atoms with Crippen LogP contribution >= 0.6 is 0 Å². The van der Waals surface area contributed by atoms with Crippen molar-refractivity contribution in [1.29, 1.82) is 5.41 Å². The normalized spacial score (nSPS) is 11.5. The monoisotopic (exact) mass is 444 g/mol. The molecule has 1 aromatic heterocycles. The third-order valence-electron chi connectivity index (χ3n) is 4.82. The SMILES string of the molecule is CCCCCCCC(=N)OC(c1nccc(OC)n1)c1ccccc1N(OC)C(=O)OC. The molecular weight excluding hydrogens is 412 g/mol. The number of nitrogens with one attached hydrogen (secondary N) is 1. The fraction of sp³-hybridized carbons (Fsp3) is 0.478. The van der Waals surface area contributed by atoms with Crippen molar-refractivity contribution >= 4 is 17.7 Å². The fourth-order valence-electron chi connectivity index (χ4n) is 3.19. The first-order valence-corrected chi connectivity index (χ1v) is 10.7. The van der Waals surface area contributed by atoms with E-state index in [4.69, 9.17) is 24.5 Å². The molecular formula is C23H32N4O5. The number of unbranched alkanes of at least 4 members (excludes halogenated alkanes) is 4. The second-order valence-electron chi connectivity index (χ2n) is 7.05. The summed E-state index contributed by atoms with van der Waals surface area (Å²) in [5.41, 5.74) is 0.942. The van der Waals surface area contributed by atoms with Crippen LogP contribution in [0.2, 0.25) is 0 Å². The van der Waals surface area contributed by atoms with Crippen LogP contribution in [-0.4, -0.2) is 43.3 Å². The minimum absolute atomic E-state index is 0.120. The van der Waals surface area contributed by atoms with Crippen molar-refractivity contribution < 1.29 is 23.8 Å². The van der Waals surface area contributed by atoms with Gasteiger partial charge in [0.1, 0.15) is 0 Å². The van der Waals surface area contributed by atoms with Crippen LogP contribution in [0.3, 0.4) is 0 Å². The number of ether oxygens (including phenoxy) is 3. The van der Waals surface area contributed by atoms with E-state index in [-0.39, 0.29) is 5.90 Å². The molecule has 0 aliphatic carbocycles. The van der Waals surface area contributed by atoms with Crippen LogP contribution in [0.15, 0.2) is 36.5 Å². The average molecular weight is 445 g/mol. The van der Waals surface area contributed by atoms with Crippen LogP contribution in [0.25, 0.3) is 0 Å². The highest BCUT2D eigenvalue weighted by atomic mass is 16.7. The van der Waals surface area contributed by atoms with E-state index in [0.29, 0.717) is 29.4 Å². The number of benzene rings is 1. The highest BCUT2D eigenvalue weighted by molar-refractivity contribution is 5.86. The van der Waals surface area contributed by atoms with E-state index in [1.165, 1.54) is 27.8 Å². The second-order valence-corrected chi connectivity index (χ2v) is 7.05. The van der Waals surface area contributed by atoms with Gasteiger partial charge < -0.3 is 14.2 Å². The predicted octanol–water partition coefficient (Wildman–Crippen LogP) is 5.06. The third kappa shape index (κ3) is 6.91. The standard InChI is InChI=1S/C23H32N4O5/c1-5-6-7-8-9-14-19(24)32-21(22-25-16-15-20(26-22)29-2)17-12-10-11-13-18(17)27(31-4)23(28)30-3/h10-13,15-16,21,24H,5-9,14H2,1-4H3.